The molecule has 0 aliphatic heterocycles. The molecule has 0 amide bonds. The van der Waals surface area contributed by atoms with Gasteiger partial charge in [-0.15, -0.1) is 0 Å². The minimum absolute atomic E-state index is 0.223. The van der Waals surface area contributed by atoms with E-state index in [1.807, 2.05) is 0 Å². The van der Waals surface area contributed by atoms with E-state index in [-0.39, 0.29) is 5.56 Å². The SMILES string of the molecule is O=C(/C=C/c1c(O)cc(O)cc1O)OCCOC(=O)C(F)(F)S(=O)(=O)O. The van der Waals surface area contributed by atoms with Crippen LogP contribution in [0.1, 0.15) is 5.56 Å². The summed E-state index contributed by atoms with van der Waals surface area (Å²) in [7, 11) is -6.00. The van der Waals surface area contributed by atoms with Gasteiger partial charge in [0.15, 0.2) is 0 Å². The van der Waals surface area contributed by atoms with Gasteiger partial charge in [0.2, 0.25) is 0 Å². The van der Waals surface area contributed by atoms with Crippen molar-refractivity contribution in [1.29, 1.82) is 0 Å². The maximum absolute atomic E-state index is 12.8. The van der Waals surface area contributed by atoms with Gasteiger partial charge in [0.05, 0.1) is 5.56 Å². The molecule has 0 atom stereocenters. The number of rotatable bonds is 7. The lowest BCUT2D eigenvalue weighted by Crippen LogP contribution is -2.39. The average molecular weight is 398 g/mol. The molecule has 0 aliphatic carbocycles. The topological polar surface area (TPSA) is 168 Å². The van der Waals surface area contributed by atoms with Gasteiger partial charge in [0.25, 0.3) is 0 Å². The molecular weight excluding hydrogens is 386 g/mol. The smallest absolute Gasteiger partial charge is 0.465 e. The van der Waals surface area contributed by atoms with E-state index in [0.717, 1.165) is 24.3 Å². The molecule has 1 aromatic carbocycles. The number of carbonyl (C=O) groups is 2. The minimum atomic E-state index is -6.00. The van der Waals surface area contributed by atoms with Crippen molar-refractivity contribution >= 4 is 28.1 Å². The number of hydrogen-bond acceptors (Lipinski definition) is 9. The van der Waals surface area contributed by atoms with Crippen LogP contribution in [0.4, 0.5) is 8.78 Å². The maximum atomic E-state index is 12.8. The van der Waals surface area contributed by atoms with Crippen molar-refractivity contribution in [1.82, 2.24) is 0 Å². The number of halogens is 2. The number of aromatic hydroxyl groups is 3. The summed E-state index contributed by atoms with van der Waals surface area (Å²) in [4.78, 5) is 22.2. The molecule has 144 valence electrons. The summed E-state index contributed by atoms with van der Waals surface area (Å²) in [6.07, 6.45) is 1.64. The zero-order valence-electron chi connectivity index (χ0n) is 12.6. The lowest BCUT2D eigenvalue weighted by molar-refractivity contribution is -0.164. The van der Waals surface area contributed by atoms with Crippen LogP contribution in [0.5, 0.6) is 17.2 Å². The van der Waals surface area contributed by atoms with Crippen molar-refractivity contribution in [2.75, 3.05) is 13.2 Å². The third kappa shape index (κ3) is 5.29. The Balaban J connectivity index is 2.53. The molecule has 0 heterocycles. The maximum Gasteiger partial charge on any atom is 0.465 e. The lowest BCUT2D eigenvalue weighted by Gasteiger charge is -2.11. The first-order valence-electron chi connectivity index (χ1n) is 6.48. The molecule has 4 N–H and O–H groups in total. The number of benzene rings is 1. The van der Waals surface area contributed by atoms with Gasteiger partial charge < -0.3 is 24.8 Å². The van der Waals surface area contributed by atoms with Crippen LogP contribution in [-0.4, -0.2) is 58.7 Å². The Morgan fingerprint density at radius 3 is 2.08 bits per heavy atom. The predicted molar refractivity (Wildman–Crippen MR) is 78.9 cm³/mol. The summed E-state index contributed by atoms with van der Waals surface area (Å²) in [6, 6.07) is 1.78. The molecule has 1 aromatic rings. The predicted octanol–water partition coefficient (Wildman–Crippen LogP) is 0.384. The van der Waals surface area contributed by atoms with E-state index in [4.69, 9.17) is 9.66 Å². The van der Waals surface area contributed by atoms with Crippen LogP contribution >= 0.6 is 0 Å². The molecule has 0 bridgehead atoms. The van der Waals surface area contributed by atoms with E-state index in [1.54, 1.807) is 0 Å². The van der Waals surface area contributed by atoms with Crippen molar-refractivity contribution in [2.45, 2.75) is 5.25 Å². The summed E-state index contributed by atoms with van der Waals surface area (Å²) in [5.41, 5.74) is -0.223. The Bertz CT molecular complexity index is 808. The molecule has 1 rings (SSSR count). The number of alkyl halides is 2. The second kappa shape index (κ2) is 7.97. The van der Waals surface area contributed by atoms with E-state index in [0.29, 0.717) is 0 Å². The highest BCUT2D eigenvalue weighted by molar-refractivity contribution is 7.87. The lowest BCUT2D eigenvalue weighted by atomic mass is 10.1. The van der Waals surface area contributed by atoms with Gasteiger partial charge in [0, 0.05) is 18.2 Å². The van der Waals surface area contributed by atoms with Crippen molar-refractivity contribution in [2.24, 2.45) is 0 Å². The van der Waals surface area contributed by atoms with Crippen LogP contribution in [-0.2, 0) is 29.2 Å². The normalized spacial score (nSPS) is 12.1. The van der Waals surface area contributed by atoms with Crippen molar-refractivity contribution in [3.8, 4) is 17.2 Å². The Kier molecular flexibility index (Phi) is 6.47. The molecule has 0 saturated carbocycles. The van der Waals surface area contributed by atoms with Crippen LogP contribution in [0.15, 0.2) is 18.2 Å². The zero-order valence-corrected chi connectivity index (χ0v) is 13.4. The van der Waals surface area contributed by atoms with Crippen molar-refractivity contribution in [3.05, 3.63) is 23.8 Å². The highest BCUT2D eigenvalue weighted by atomic mass is 32.2. The Hall–Kier alpha value is -2.93. The van der Waals surface area contributed by atoms with Crippen LogP contribution in [0, 0.1) is 0 Å². The third-order valence-electron chi connectivity index (χ3n) is 2.63. The van der Waals surface area contributed by atoms with Gasteiger partial charge in [-0.3, -0.25) is 4.55 Å². The Morgan fingerprint density at radius 1 is 1.08 bits per heavy atom. The van der Waals surface area contributed by atoms with E-state index < -0.39 is 57.8 Å². The first-order chi connectivity index (χ1) is 11.9. The van der Waals surface area contributed by atoms with Gasteiger partial charge in [-0.05, 0) is 6.08 Å². The van der Waals surface area contributed by atoms with E-state index in [2.05, 4.69) is 9.47 Å². The van der Waals surface area contributed by atoms with Crippen molar-refractivity contribution < 1.29 is 56.1 Å². The fourth-order valence-electron chi connectivity index (χ4n) is 1.44. The fraction of sp³-hybridized carbons (Fsp3) is 0.231. The molecular formula is C13H12F2O10S. The molecule has 0 radical (unpaired) electrons. The van der Waals surface area contributed by atoms with Gasteiger partial charge in [0.1, 0.15) is 30.5 Å². The van der Waals surface area contributed by atoms with Gasteiger partial charge in [-0.1, -0.05) is 0 Å². The minimum Gasteiger partial charge on any atom is -0.508 e. The van der Waals surface area contributed by atoms with E-state index in [1.165, 1.54) is 0 Å². The summed E-state index contributed by atoms with van der Waals surface area (Å²) < 4.78 is 62.7. The molecule has 0 spiro atoms. The van der Waals surface area contributed by atoms with E-state index in [9.17, 15) is 37.0 Å². The molecule has 0 aliphatic rings. The second-order valence-electron chi connectivity index (χ2n) is 4.53. The first-order valence-corrected chi connectivity index (χ1v) is 7.92. The molecule has 0 aromatic heterocycles. The van der Waals surface area contributed by atoms with Crippen molar-refractivity contribution in [3.63, 3.8) is 0 Å². The summed E-state index contributed by atoms with van der Waals surface area (Å²) in [5.74, 6) is -5.16. The number of phenols is 3. The van der Waals surface area contributed by atoms with E-state index >= 15 is 0 Å². The summed E-state index contributed by atoms with van der Waals surface area (Å²) in [5, 5.41) is 22.9. The quantitative estimate of drug-likeness (QED) is 0.218. The number of ether oxygens (including phenoxy) is 2. The molecule has 13 heteroatoms. The summed E-state index contributed by atoms with van der Waals surface area (Å²) in [6.45, 7) is -1.66. The Labute approximate surface area is 144 Å². The third-order valence-corrected chi connectivity index (χ3v) is 3.44. The monoisotopic (exact) mass is 398 g/mol. The number of carbonyl (C=O) groups excluding carboxylic acids is 2. The van der Waals surface area contributed by atoms with Crippen LogP contribution in [0.3, 0.4) is 0 Å². The fourth-order valence-corrected chi connectivity index (χ4v) is 1.71. The molecule has 26 heavy (non-hydrogen) atoms. The first kappa shape index (κ1) is 21.1. The molecule has 10 nitrogen and oxygen atoms in total. The molecule has 0 fully saturated rings. The highest BCUT2D eigenvalue weighted by Gasteiger charge is 2.54. The molecule has 0 saturated heterocycles. The Morgan fingerprint density at radius 2 is 1.58 bits per heavy atom. The average Bonchev–Trinajstić information content (AvgIpc) is 2.49. The van der Waals surface area contributed by atoms with Gasteiger partial charge >= 0.3 is 27.3 Å². The van der Waals surface area contributed by atoms with Crippen LogP contribution in [0.2, 0.25) is 0 Å². The van der Waals surface area contributed by atoms with Crippen LogP contribution in [0.25, 0.3) is 6.08 Å². The zero-order chi connectivity index (χ0) is 20.1. The van der Waals surface area contributed by atoms with Crippen LogP contribution < -0.4 is 0 Å². The summed E-state index contributed by atoms with van der Waals surface area (Å²) >= 11 is 0. The standard InChI is InChI=1S/C13H12F2O10S/c14-13(15,26(21,22)23)12(20)25-4-3-24-11(19)2-1-8-9(17)5-7(16)6-10(8)18/h1-2,5-6,16-18H,3-4H2,(H,21,22,23)/b2-1+. The number of hydrogen-bond donors (Lipinski definition) is 4. The largest absolute Gasteiger partial charge is 0.508 e. The van der Waals surface area contributed by atoms with Gasteiger partial charge in [-0.2, -0.15) is 17.2 Å². The number of esters is 2. The van der Waals surface area contributed by atoms with Gasteiger partial charge in [-0.25, -0.2) is 9.59 Å². The number of phenolic OH excluding ortho intramolecular Hbond substituents is 3. The highest BCUT2D eigenvalue weighted by Crippen LogP contribution is 2.32. The molecule has 0 unspecified atom stereocenters. The second-order valence-corrected chi connectivity index (χ2v) is 5.99.